The molecule has 1 aromatic heterocycles. The quantitative estimate of drug-likeness (QED) is 0.403. The summed E-state index contributed by atoms with van der Waals surface area (Å²) in [5, 5.41) is 17.2. The van der Waals surface area contributed by atoms with Gasteiger partial charge in [-0.25, -0.2) is 9.07 Å². The van der Waals surface area contributed by atoms with Crippen LogP contribution in [0.5, 0.6) is 0 Å². The molecule has 1 aliphatic carbocycles. The van der Waals surface area contributed by atoms with Gasteiger partial charge in [0.1, 0.15) is 23.3 Å². The van der Waals surface area contributed by atoms with Crippen LogP contribution in [0.2, 0.25) is 0 Å². The smallest absolute Gasteiger partial charge is 0.188 e. The van der Waals surface area contributed by atoms with Gasteiger partial charge >= 0.3 is 0 Å². The summed E-state index contributed by atoms with van der Waals surface area (Å²) in [5.74, 6) is 0.391. The van der Waals surface area contributed by atoms with Gasteiger partial charge in [0.2, 0.25) is 0 Å². The average Bonchev–Trinajstić information content (AvgIpc) is 3.02. The van der Waals surface area contributed by atoms with E-state index in [-0.39, 0.29) is 11.6 Å². The first-order chi connectivity index (χ1) is 13.6. The highest BCUT2D eigenvalue weighted by Gasteiger charge is 2.16. The average molecular weight is 383 g/mol. The number of rotatable bonds is 6. The van der Waals surface area contributed by atoms with Gasteiger partial charge in [-0.3, -0.25) is 4.99 Å². The predicted octanol–water partition coefficient (Wildman–Crippen LogP) is 2.63. The van der Waals surface area contributed by atoms with E-state index in [0.717, 1.165) is 12.8 Å². The summed E-state index contributed by atoms with van der Waals surface area (Å²) in [6.45, 7) is 0.541. The molecule has 0 amide bonds. The van der Waals surface area contributed by atoms with Gasteiger partial charge in [0.25, 0.3) is 0 Å². The van der Waals surface area contributed by atoms with Crippen molar-refractivity contribution < 1.29 is 4.39 Å². The maximum absolute atomic E-state index is 13.1. The van der Waals surface area contributed by atoms with E-state index in [1.807, 2.05) is 0 Å². The molecule has 2 aromatic rings. The molecule has 0 spiro atoms. The van der Waals surface area contributed by atoms with E-state index in [1.165, 1.54) is 36.1 Å². The van der Waals surface area contributed by atoms with Crippen LogP contribution in [-0.4, -0.2) is 28.3 Å². The minimum atomic E-state index is -0.340. The second kappa shape index (κ2) is 9.22. The fourth-order valence-electron chi connectivity index (χ4n) is 3.50. The highest BCUT2D eigenvalue weighted by Crippen LogP contribution is 2.22. The molecule has 148 valence electrons. The van der Waals surface area contributed by atoms with Crippen LogP contribution in [0.3, 0.4) is 0 Å². The Morgan fingerprint density at radius 3 is 2.68 bits per heavy atom. The Bertz CT molecular complexity index is 858. The molecule has 0 atom stereocenters. The summed E-state index contributed by atoms with van der Waals surface area (Å²) in [7, 11) is 0. The van der Waals surface area contributed by atoms with Crippen LogP contribution in [0, 0.1) is 17.1 Å². The SMILES string of the molecule is N#Cc1c(CCCN=C(N)NC2CCCCC2)nn(-c2ccc(F)cc2)c1N. The Morgan fingerprint density at radius 2 is 2.00 bits per heavy atom. The molecular weight excluding hydrogens is 357 g/mol. The van der Waals surface area contributed by atoms with E-state index in [0.29, 0.717) is 48.3 Å². The summed E-state index contributed by atoms with van der Waals surface area (Å²) in [6, 6.07) is 8.35. The van der Waals surface area contributed by atoms with Crippen LogP contribution in [0.25, 0.3) is 5.69 Å². The van der Waals surface area contributed by atoms with Gasteiger partial charge in [-0.1, -0.05) is 19.3 Å². The second-order valence-corrected chi connectivity index (χ2v) is 7.06. The summed E-state index contributed by atoms with van der Waals surface area (Å²) in [4.78, 5) is 4.38. The van der Waals surface area contributed by atoms with Gasteiger partial charge in [0, 0.05) is 12.6 Å². The number of hydrogen-bond acceptors (Lipinski definition) is 4. The molecule has 0 aliphatic heterocycles. The van der Waals surface area contributed by atoms with E-state index in [4.69, 9.17) is 11.5 Å². The number of aliphatic imine (C=N–C) groups is 1. The number of hydrogen-bond donors (Lipinski definition) is 3. The summed E-state index contributed by atoms with van der Waals surface area (Å²) in [6.07, 6.45) is 7.30. The van der Waals surface area contributed by atoms with Crippen LogP contribution in [0.4, 0.5) is 10.2 Å². The lowest BCUT2D eigenvalue weighted by Gasteiger charge is -2.23. The Morgan fingerprint density at radius 1 is 1.29 bits per heavy atom. The third-order valence-corrected chi connectivity index (χ3v) is 4.99. The molecule has 1 heterocycles. The van der Waals surface area contributed by atoms with Gasteiger partial charge in [-0.05, 0) is 49.9 Å². The lowest BCUT2D eigenvalue weighted by Crippen LogP contribution is -2.41. The zero-order chi connectivity index (χ0) is 19.9. The number of aryl methyl sites for hydroxylation is 1. The first-order valence-corrected chi connectivity index (χ1v) is 9.68. The molecule has 28 heavy (non-hydrogen) atoms. The number of nitrogens with two attached hydrogens (primary N) is 2. The van der Waals surface area contributed by atoms with Gasteiger partial charge in [-0.15, -0.1) is 0 Å². The Kier molecular flexibility index (Phi) is 6.48. The molecule has 1 aromatic carbocycles. The van der Waals surface area contributed by atoms with Crippen molar-refractivity contribution in [2.45, 2.75) is 51.0 Å². The topological polar surface area (TPSA) is 118 Å². The van der Waals surface area contributed by atoms with Crippen LogP contribution in [0.15, 0.2) is 29.3 Å². The van der Waals surface area contributed by atoms with Crippen LogP contribution in [0.1, 0.15) is 49.8 Å². The molecule has 1 fully saturated rings. The first-order valence-electron chi connectivity index (χ1n) is 9.68. The molecule has 0 saturated heterocycles. The van der Waals surface area contributed by atoms with Crippen LogP contribution >= 0.6 is 0 Å². The second-order valence-electron chi connectivity index (χ2n) is 7.06. The lowest BCUT2D eigenvalue weighted by molar-refractivity contribution is 0.412. The number of nitrogens with zero attached hydrogens (tertiary/aromatic N) is 4. The van der Waals surface area contributed by atoms with Crippen molar-refractivity contribution in [1.82, 2.24) is 15.1 Å². The highest BCUT2D eigenvalue weighted by atomic mass is 19.1. The standard InChI is InChI=1S/C20H26FN7/c21-14-8-10-16(11-9-14)28-19(23)17(13-22)18(27-28)7-4-12-25-20(24)26-15-5-2-1-3-6-15/h8-11,15H,1-7,12,23H2,(H3,24,25,26). The molecule has 5 N–H and O–H groups in total. The molecule has 3 rings (SSSR count). The molecule has 7 nitrogen and oxygen atoms in total. The predicted molar refractivity (Wildman–Crippen MR) is 107 cm³/mol. The summed E-state index contributed by atoms with van der Waals surface area (Å²) < 4.78 is 14.6. The fourth-order valence-corrected chi connectivity index (χ4v) is 3.50. The molecule has 0 bridgehead atoms. The summed E-state index contributed by atoms with van der Waals surface area (Å²) >= 11 is 0. The van der Waals surface area contributed by atoms with Gasteiger partial charge in [0.15, 0.2) is 5.96 Å². The number of aromatic nitrogens is 2. The fraction of sp³-hybridized carbons (Fsp3) is 0.450. The zero-order valence-electron chi connectivity index (χ0n) is 15.9. The molecule has 1 saturated carbocycles. The minimum Gasteiger partial charge on any atom is -0.382 e. The number of nitrogens with one attached hydrogen (secondary N) is 1. The highest BCUT2D eigenvalue weighted by molar-refractivity contribution is 5.78. The van der Waals surface area contributed by atoms with Gasteiger partial charge in [-0.2, -0.15) is 10.4 Å². The molecule has 1 aliphatic rings. The van der Waals surface area contributed by atoms with Gasteiger partial charge < -0.3 is 16.8 Å². The number of nitrogen functional groups attached to an aromatic ring is 1. The van der Waals surface area contributed by atoms with Crippen molar-refractivity contribution in [3.05, 3.63) is 41.3 Å². The molecule has 0 radical (unpaired) electrons. The largest absolute Gasteiger partial charge is 0.382 e. The van der Waals surface area contributed by atoms with Crippen molar-refractivity contribution in [1.29, 1.82) is 5.26 Å². The van der Waals surface area contributed by atoms with E-state index in [2.05, 4.69) is 21.5 Å². The van der Waals surface area contributed by atoms with E-state index >= 15 is 0 Å². The minimum absolute atomic E-state index is 0.256. The third-order valence-electron chi connectivity index (χ3n) is 4.99. The third kappa shape index (κ3) is 4.80. The summed E-state index contributed by atoms with van der Waals surface area (Å²) in [5.41, 5.74) is 13.6. The van der Waals surface area contributed by atoms with Gasteiger partial charge in [0.05, 0.1) is 11.4 Å². The zero-order valence-corrected chi connectivity index (χ0v) is 15.9. The van der Waals surface area contributed by atoms with Crippen molar-refractivity contribution in [3.8, 4) is 11.8 Å². The lowest BCUT2D eigenvalue weighted by atomic mass is 9.96. The molecule has 0 unspecified atom stereocenters. The maximum Gasteiger partial charge on any atom is 0.188 e. The normalized spacial score (nSPS) is 15.4. The Labute approximate surface area is 164 Å². The van der Waals surface area contributed by atoms with Crippen molar-refractivity contribution >= 4 is 11.8 Å². The number of nitriles is 1. The van der Waals surface area contributed by atoms with Crippen LogP contribution in [-0.2, 0) is 6.42 Å². The molecule has 8 heteroatoms. The number of benzene rings is 1. The first kappa shape index (κ1) is 19.7. The Hall–Kier alpha value is -3.08. The van der Waals surface area contributed by atoms with E-state index < -0.39 is 0 Å². The number of halogens is 1. The molecular formula is C20H26FN7. The number of anilines is 1. The van der Waals surface area contributed by atoms with Crippen LogP contribution < -0.4 is 16.8 Å². The van der Waals surface area contributed by atoms with E-state index in [9.17, 15) is 9.65 Å². The number of guanidine groups is 1. The van der Waals surface area contributed by atoms with Crippen molar-refractivity contribution in [2.75, 3.05) is 12.3 Å². The van der Waals surface area contributed by atoms with Crippen molar-refractivity contribution in [3.63, 3.8) is 0 Å². The van der Waals surface area contributed by atoms with E-state index in [1.54, 1.807) is 12.1 Å². The Balaban J connectivity index is 1.59. The maximum atomic E-state index is 13.1. The monoisotopic (exact) mass is 383 g/mol. The van der Waals surface area contributed by atoms with Crippen molar-refractivity contribution in [2.24, 2.45) is 10.7 Å².